The molecule has 5 N–H and O–H groups in total. The Morgan fingerprint density at radius 2 is 1.04 bits per heavy atom. The van der Waals surface area contributed by atoms with Gasteiger partial charge in [-0.1, -0.05) is 48.5 Å². The number of rotatable bonds is 8. The molecule has 0 aliphatic carbocycles. The van der Waals surface area contributed by atoms with Crippen LogP contribution in [0, 0.1) is 0 Å². The van der Waals surface area contributed by atoms with Crippen LogP contribution in [0.15, 0.2) is 157 Å². The number of nitrogens with zero attached hydrogens (tertiary/aromatic N) is 6. The molecule has 6 aromatic carbocycles. The minimum Gasteiger partial charge on any atom is -0.508 e. The molecule has 0 aromatic heterocycles. The number of benzene rings is 6. The molecule has 0 bridgehead atoms. The fraction of sp³-hybridized carbons (Fsp3) is 0. The number of hydrogen-bond donors (Lipinski definition) is 4. The van der Waals surface area contributed by atoms with Gasteiger partial charge in [-0.2, -0.15) is 28.9 Å². The van der Waals surface area contributed by atoms with E-state index in [1.54, 1.807) is 66.7 Å². The van der Waals surface area contributed by atoms with Crippen LogP contribution in [0.25, 0.3) is 21.9 Å². The first kappa shape index (κ1) is 30.7. The summed E-state index contributed by atoms with van der Waals surface area (Å²) in [5.41, 5.74) is 10.3. The van der Waals surface area contributed by atoms with Gasteiger partial charge >= 0.3 is 0 Å². The highest BCUT2D eigenvalue weighted by Crippen LogP contribution is 2.46. The van der Waals surface area contributed by atoms with E-state index in [1.165, 1.54) is 12.1 Å². The first-order valence-electron chi connectivity index (χ1n) is 14.0. The molecule has 12 nitrogen and oxygen atoms in total. The van der Waals surface area contributed by atoms with Crippen LogP contribution in [0.3, 0.4) is 0 Å². The molecule has 232 valence electrons. The normalized spacial score (nSPS) is 12.1. The molecule has 0 aliphatic heterocycles. The van der Waals surface area contributed by atoms with Crippen LogP contribution in [0.2, 0.25) is 0 Å². The average Bonchev–Trinajstić information content (AvgIpc) is 3.07. The second-order valence-electron chi connectivity index (χ2n) is 10.2. The first-order valence-corrected chi connectivity index (χ1v) is 15.5. The van der Waals surface area contributed by atoms with Crippen molar-refractivity contribution in [2.45, 2.75) is 4.90 Å². The van der Waals surface area contributed by atoms with Gasteiger partial charge in [-0.05, 0) is 89.3 Å². The number of phenols is 2. The van der Waals surface area contributed by atoms with Crippen LogP contribution in [0.4, 0.5) is 39.8 Å². The Bertz CT molecular complexity index is 2270. The van der Waals surface area contributed by atoms with E-state index in [-0.39, 0.29) is 27.9 Å². The Labute approximate surface area is 268 Å². The van der Waals surface area contributed by atoms with Gasteiger partial charge in [-0.25, -0.2) is 0 Å². The van der Waals surface area contributed by atoms with Crippen molar-refractivity contribution in [2.24, 2.45) is 30.7 Å². The highest BCUT2D eigenvalue weighted by atomic mass is 32.2. The lowest BCUT2D eigenvalue weighted by atomic mass is 10.1. The summed E-state index contributed by atoms with van der Waals surface area (Å²) in [5.74, 6) is -0.419. The van der Waals surface area contributed by atoms with Gasteiger partial charge in [-0.15, -0.1) is 10.2 Å². The summed E-state index contributed by atoms with van der Waals surface area (Å²) in [6.07, 6.45) is 0. The number of nitrogen functional groups attached to an aromatic ring is 1. The van der Waals surface area contributed by atoms with Gasteiger partial charge < -0.3 is 15.9 Å². The van der Waals surface area contributed by atoms with E-state index in [2.05, 4.69) is 30.7 Å². The molecule has 6 aromatic rings. The molecule has 0 unspecified atom stereocenters. The molecule has 13 heteroatoms. The molecule has 0 atom stereocenters. The topological polar surface area (TPSA) is 195 Å². The minimum absolute atomic E-state index is 0.0288. The summed E-state index contributed by atoms with van der Waals surface area (Å²) in [7, 11) is -4.77. The van der Waals surface area contributed by atoms with Crippen LogP contribution < -0.4 is 5.73 Å². The molecule has 6 rings (SSSR count). The Morgan fingerprint density at radius 1 is 0.553 bits per heavy atom. The lowest BCUT2D eigenvalue weighted by Gasteiger charge is -2.11. The number of anilines is 1. The zero-order valence-electron chi connectivity index (χ0n) is 24.4. The van der Waals surface area contributed by atoms with Crippen LogP contribution in [0.5, 0.6) is 11.5 Å². The predicted molar refractivity (Wildman–Crippen MR) is 179 cm³/mol. The van der Waals surface area contributed by atoms with Crippen molar-refractivity contribution in [3.05, 3.63) is 121 Å². The number of fused-ring (bicyclic) bond motifs is 1. The summed E-state index contributed by atoms with van der Waals surface area (Å²) in [5, 5.41) is 45.7. The molecular weight excluding hydrogens is 618 g/mol. The number of azo groups is 3. The van der Waals surface area contributed by atoms with Gasteiger partial charge in [0.2, 0.25) is 0 Å². The van der Waals surface area contributed by atoms with Crippen LogP contribution >= 0.6 is 0 Å². The van der Waals surface area contributed by atoms with Crippen molar-refractivity contribution >= 4 is 60.7 Å². The lowest BCUT2D eigenvalue weighted by Crippen LogP contribution is -2.00. The van der Waals surface area contributed by atoms with Crippen LogP contribution in [0.1, 0.15) is 0 Å². The lowest BCUT2D eigenvalue weighted by molar-refractivity contribution is 0.472. The molecule has 0 radical (unpaired) electrons. The van der Waals surface area contributed by atoms with E-state index in [4.69, 9.17) is 5.73 Å². The fourth-order valence-electron chi connectivity index (χ4n) is 4.62. The van der Waals surface area contributed by atoms with E-state index in [9.17, 15) is 23.2 Å². The molecule has 0 fully saturated rings. The summed E-state index contributed by atoms with van der Waals surface area (Å²) >= 11 is 0. The summed E-state index contributed by atoms with van der Waals surface area (Å²) in [6.45, 7) is 0. The number of nitrogens with two attached hydrogens (primary N) is 1. The molecule has 0 aliphatic rings. The third-order valence-electron chi connectivity index (χ3n) is 7.01. The van der Waals surface area contributed by atoms with E-state index in [0.29, 0.717) is 22.7 Å². The first-order chi connectivity index (χ1) is 22.7. The summed E-state index contributed by atoms with van der Waals surface area (Å²) in [4.78, 5) is -0.621. The van der Waals surface area contributed by atoms with Gasteiger partial charge in [0.1, 0.15) is 22.0 Å². The number of phenolic OH excluding ortho intramolecular Hbond substituents is 2. The average molecular weight is 644 g/mol. The minimum atomic E-state index is -4.77. The highest BCUT2D eigenvalue weighted by Gasteiger charge is 2.24. The maximum absolute atomic E-state index is 12.1. The van der Waals surface area contributed by atoms with E-state index in [0.717, 1.165) is 17.2 Å². The standard InChI is InChI=1S/C34H25N7O5S/c35-32-29(19-10-23-20-30(47(44,45)46)33(34(43)31(23)32)41-39-24-4-2-1-3-5-24)40-38-26-13-8-22(9-14-26)21-6-11-25(12-7-21)36-37-27-15-17-28(42)18-16-27/h1-20,42-43H,35H2,(H,44,45,46). The van der Waals surface area contributed by atoms with Crippen molar-refractivity contribution in [1.29, 1.82) is 0 Å². The smallest absolute Gasteiger partial charge is 0.296 e. The maximum Gasteiger partial charge on any atom is 0.296 e. The predicted octanol–water partition coefficient (Wildman–Crippen LogP) is 9.99. The van der Waals surface area contributed by atoms with Gasteiger partial charge in [0.15, 0.2) is 5.75 Å². The van der Waals surface area contributed by atoms with Crippen molar-refractivity contribution in [2.75, 3.05) is 5.73 Å². The molecule has 0 amide bonds. The van der Waals surface area contributed by atoms with Gasteiger partial charge in [0.25, 0.3) is 10.1 Å². The highest BCUT2D eigenvalue weighted by molar-refractivity contribution is 7.86. The van der Waals surface area contributed by atoms with E-state index < -0.39 is 26.5 Å². The molecule has 0 heterocycles. The fourth-order valence-corrected chi connectivity index (χ4v) is 5.28. The quantitative estimate of drug-likeness (QED) is 0.0723. The van der Waals surface area contributed by atoms with Crippen LogP contribution in [-0.2, 0) is 10.1 Å². The third-order valence-corrected chi connectivity index (χ3v) is 7.87. The van der Waals surface area contributed by atoms with Gasteiger partial charge in [-0.3, -0.25) is 4.55 Å². The van der Waals surface area contributed by atoms with Gasteiger partial charge in [0, 0.05) is 0 Å². The summed E-state index contributed by atoms with van der Waals surface area (Å²) in [6, 6.07) is 34.0. The van der Waals surface area contributed by atoms with E-state index in [1.807, 2.05) is 36.4 Å². The Kier molecular flexibility index (Phi) is 8.47. The number of hydrogen-bond acceptors (Lipinski definition) is 11. The molecule has 0 saturated heterocycles. The molecule has 0 saturated carbocycles. The third kappa shape index (κ3) is 7.01. The number of aromatic hydroxyl groups is 2. The van der Waals surface area contributed by atoms with Crippen molar-refractivity contribution < 1.29 is 23.2 Å². The van der Waals surface area contributed by atoms with Gasteiger partial charge in [0.05, 0.1) is 33.8 Å². The Balaban J connectivity index is 1.24. The zero-order chi connectivity index (χ0) is 33.0. The molecular formula is C34H25N7O5S. The summed E-state index contributed by atoms with van der Waals surface area (Å²) < 4.78 is 34.1. The maximum atomic E-state index is 12.1. The molecule has 47 heavy (non-hydrogen) atoms. The second kappa shape index (κ2) is 13.0. The molecule has 0 spiro atoms. The monoisotopic (exact) mass is 643 g/mol. The largest absolute Gasteiger partial charge is 0.508 e. The van der Waals surface area contributed by atoms with Crippen molar-refractivity contribution in [3.8, 4) is 22.6 Å². The SMILES string of the molecule is Nc1c(N=Nc2ccc(-c3ccc(N=Nc4ccc(O)cc4)cc3)cc2)ccc2cc(S(=O)(=O)O)c(N=Nc3ccccc3)c(O)c12. The van der Waals surface area contributed by atoms with Crippen molar-refractivity contribution in [3.63, 3.8) is 0 Å². The van der Waals surface area contributed by atoms with Crippen LogP contribution in [-0.4, -0.2) is 23.2 Å². The van der Waals surface area contributed by atoms with Crippen molar-refractivity contribution in [1.82, 2.24) is 0 Å². The zero-order valence-corrected chi connectivity index (χ0v) is 25.2. The Morgan fingerprint density at radius 3 is 1.60 bits per heavy atom. The van der Waals surface area contributed by atoms with E-state index >= 15 is 0 Å². The second-order valence-corrected chi connectivity index (χ2v) is 11.6. The Hall–Kier alpha value is -6.31.